The third kappa shape index (κ3) is 2.88. The van der Waals surface area contributed by atoms with Gasteiger partial charge in [0.05, 0.1) is 16.7 Å². The molecule has 1 atom stereocenters. The first-order valence-corrected chi connectivity index (χ1v) is 7.55. The van der Waals surface area contributed by atoms with Crippen LogP contribution in [0.3, 0.4) is 0 Å². The number of carbonyl (C=O) groups is 4. The summed E-state index contributed by atoms with van der Waals surface area (Å²) in [5, 5.41) is 27.8. The highest BCUT2D eigenvalue weighted by Crippen LogP contribution is 2.27. The van der Waals surface area contributed by atoms with Gasteiger partial charge in [0, 0.05) is 6.42 Å². The highest BCUT2D eigenvalue weighted by Gasteiger charge is 2.43. The average Bonchev–Trinajstić information content (AvgIpc) is 2.85. The molecule has 0 unspecified atom stereocenters. The summed E-state index contributed by atoms with van der Waals surface area (Å²) in [6.07, 6.45) is -0.146. The predicted octanol–water partition coefficient (Wildman–Crippen LogP) is 1.38. The number of carboxylic acids is 2. The number of hydrogen-bond donors (Lipinski definition) is 3. The zero-order valence-corrected chi connectivity index (χ0v) is 13.2. The number of aromatic carboxylic acids is 1. The summed E-state index contributed by atoms with van der Waals surface area (Å²) in [4.78, 5) is 48.5. The number of rotatable bonds is 5. The summed E-state index contributed by atoms with van der Waals surface area (Å²) in [6.45, 7) is 0. The molecule has 0 spiro atoms. The van der Waals surface area contributed by atoms with E-state index in [1.54, 1.807) is 0 Å². The summed E-state index contributed by atoms with van der Waals surface area (Å²) < 4.78 is 0. The molecule has 0 radical (unpaired) electrons. The molecule has 2 aromatic carbocycles. The van der Waals surface area contributed by atoms with Crippen LogP contribution < -0.4 is 0 Å². The molecule has 0 saturated carbocycles. The molecule has 1 heterocycles. The molecule has 2 amide bonds. The minimum absolute atomic E-state index is 0.00237. The second kappa shape index (κ2) is 6.32. The SMILES string of the molecule is O=C(O)c1ccc2c(c1)C(=O)N([C@@H](Cc1ccc(O)cc1)C(=O)O)C2=O. The maximum atomic E-state index is 12.6. The van der Waals surface area contributed by atoms with Crippen molar-refractivity contribution in [2.75, 3.05) is 0 Å². The van der Waals surface area contributed by atoms with Crippen LogP contribution in [0, 0.1) is 0 Å². The number of aromatic hydroxyl groups is 1. The van der Waals surface area contributed by atoms with Crippen LogP contribution in [0.15, 0.2) is 42.5 Å². The van der Waals surface area contributed by atoms with Crippen LogP contribution in [0.2, 0.25) is 0 Å². The van der Waals surface area contributed by atoms with Gasteiger partial charge in [0.15, 0.2) is 0 Å². The molecular weight excluding hydrogens is 342 g/mol. The van der Waals surface area contributed by atoms with Gasteiger partial charge in [-0.15, -0.1) is 0 Å². The molecule has 3 rings (SSSR count). The van der Waals surface area contributed by atoms with Crippen molar-refractivity contribution in [3.63, 3.8) is 0 Å². The fourth-order valence-electron chi connectivity index (χ4n) is 2.82. The van der Waals surface area contributed by atoms with Crippen molar-refractivity contribution in [2.45, 2.75) is 12.5 Å². The number of phenols is 1. The molecule has 8 nitrogen and oxygen atoms in total. The molecule has 1 aliphatic heterocycles. The van der Waals surface area contributed by atoms with Crippen LogP contribution in [-0.2, 0) is 11.2 Å². The van der Waals surface area contributed by atoms with E-state index in [0.717, 1.165) is 6.07 Å². The predicted molar refractivity (Wildman–Crippen MR) is 87.1 cm³/mol. The Hall–Kier alpha value is -3.68. The van der Waals surface area contributed by atoms with Crippen molar-refractivity contribution < 1.29 is 34.5 Å². The fourth-order valence-corrected chi connectivity index (χ4v) is 2.82. The van der Waals surface area contributed by atoms with Gasteiger partial charge in [-0.3, -0.25) is 14.5 Å². The molecule has 26 heavy (non-hydrogen) atoms. The quantitative estimate of drug-likeness (QED) is 0.690. The molecule has 0 saturated heterocycles. The lowest BCUT2D eigenvalue weighted by Gasteiger charge is -2.22. The van der Waals surface area contributed by atoms with Crippen molar-refractivity contribution >= 4 is 23.8 Å². The third-order valence-electron chi connectivity index (χ3n) is 4.13. The Morgan fingerprint density at radius 2 is 1.54 bits per heavy atom. The van der Waals surface area contributed by atoms with Gasteiger partial charge in [-0.1, -0.05) is 12.1 Å². The number of benzene rings is 2. The molecule has 0 aromatic heterocycles. The molecular formula is C18H13NO7. The molecule has 2 aromatic rings. The highest BCUT2D eigenvalue weighted by atomic mass is 16.4. The number of carboxylic acid groups (broad SMARTS) is 2. The molecule has 0 bridgehead atoms. The van der Waals surface area contributed by atoms with E-state index in [-0.39, 0.29) is 28.9 Å². The van der Waals surface area contributed by atoms with Crippen LogP contribution in [-0.4, -0.2) is 50.0 Å². The zero-order chi connectivity index (χ0) is 19.0. The van der Waals surface area contributed by atoms with Crippen molar-refractivity contribution in [2.24, 2.45) is 0 Å². The van der Waals surface area contributed by atoms with Crippen molar-refractivity contribution in [1.29, 1.82) is 0 Å². The fraction of sp³-hybridized carbons (Fsp3) is 0.111. The van der Waals surface area contributed by atoms with Gasteiger partial charge >= 0.3 is 11.9 Å². The van der Waals surface area contributed by atoms with Gasteiger partial charge < -0.3 is 15.3 Å². The lowest BCUT2D eigenvalue weighted by Crippen LogP contribution is -2.46. The summed E-state index contributed by atoms with van der Waals surface area (Å²) >= 11 is 0. The molecule has 8 heteroatoms. The Labute approximate surface area is 146 Å². The van der Waals surface area contributed by atoms with E-state index in [1.807, 2.05) is 0 Å². The third-order valence-corrected chi connectivity index (χ3v) is 4.13. The van der Waals surface area contributed by atoms with Gasteiger partial charge in [-0.25, -0.2) is 9.59 Å². The summed E-state index contributed by atoms with van der Waals surface area (Å²) in [6, 6.07) is 7.73. The number of hydrogen-bond acceptors (Lipinski definition) is 5. The Balaban J connectivity index is 1.96. The van der Waals surface area contributed by atoms with Gasteiger partial charge in [0.2, 0.25) is 0 Å². The Morgan fingerprint density at radius 3 is 2.12 bits per heavy atom. The number of nitrogens with zero attached hydrogens (tertiary/aromatic N) is 1. The monoisotopic (exact) mass is 355 g/mol. The minimum Gasteiger partial charge on any atom is -0.508 e. The molecule has 3 N–H and O–H groups in total. The zero-order valence-electron chi connectivity index (χ0n) is 13.2. The van der Waals surface area contributed by atoms with Crippen LogP contribution in [0.4, 0.5) is 0 Å². The molecule has 0 aliphatic carbocycles. The number of amides is 2. The van der Waals surface area contributed by atoms with Crippen molar-refractivity contribution in [1.82, 2.24) is 4.90 Å². The molecule has 0 fully saturated rings. The lowest BCUT2D eigenvalue weighted by atomic mass is 10.0. The first-order valence-electron chi connectivity index (χ1n) is 7.55. The summed E-state index contributed by atoms with van der Waals surface area (Å²) in [5.41, 5.74) is 0.180. The number of imide groups is 1. The smallest absolute Gasteiger partial charge is 0.335 e. The summed E-state index contributed by atoms with van der Waals surface area (Å²) in [7, 11) is 0. The first-order chi connectivity index (χ1) is 12.3. The van der Waals surface area contributed by atoms with E-state index in [2.05, 4.69) is 0 Å². The van der Waals surface area contributed by atoms with Crippen LogP contribution >= 0.6 is 0 Å². The Kier molecular flexibility index (Phi) is 4.17. The Morgan fingerprint density at radius 1 is 0.923 bits per heavy atom. The maximum absolute atomic E-state index is 12.6. The van der Waals surface area contributed by atoms with E-state index in [4.69, 9.17) is 5.11 Å². The van der Waals surface area contributed by atoms with E-state index < -0.39 is 29.8 Å². The van der Waals surface area contributed by atoms with Gasteiger partial charge in [-0.05, 0) is 35.9 Å². The highest BCUT2D eigenvalue weighted by molar-refractivity contribution is 6.23. The van der Waals surface area contributed by atoms with Crippen molar-refractivity contribution in [3.8, 4) is 5.75 Å². The molecule has 1 aliphatic rings. The topological polar surface area (TPSA) is 132 Å². The maximum Gasteiger partial charge on any atom is 0.335 e. The number of phenolic OH excluding ortho intramolecular Hbond substituents is 1. The standard InChI is InChI=1S/C18H13NO7/c20-11-4-1-9(2-5-11)7-14(18(25)26)19-15(21)12-6-3-10(17(23)24)8-13(12)16(19)22/h1-6,8,14,20H,7H2,(H,23,24)(H,25,26)/t14-/m0/s1. The van der Waals surface area contributed by atoms with Gasteiger partial charge in [-0.2, -0.15) is 0 Å². The number of carbonyl (C=O) groups excluding carboxylic acids is 2. The van der Waals surface area contributed by atoms with E-state index in [0.29, 0.717) is 10.5 Å². The normalized spacial score (nSPS) is 14.2. The van der Waals surface area contributed by atoms with Crippen LogP contribution in [0.1, 0.15) is 36.6 Å². The van der Waals surface area contributed by atoms with Gasteiger partial charge in [0.1, 0.15) is 11.8 Å². The second-order valence-corrected chi connectivity index (χ2v) is 5.77. The molecule has 132 valence electrons. The Bertz CT molecular complexity index is 933. The lowest BCUT2D eigenvalue weighted by molar-refractivity contribution is -0.141. The minimum atomic E-state index is -1.46. The second-order valence-electron chi connectivity index (χ2n) is 5.77. The van der Waals surface area contributed by atoms with Crippen LogP contribution in [0.5, 0.6) is 5.75 Å². The van der Waals surface area contributed by atoms with Crippen molar-refractivity contribution in [3.05, 3.63) is 64.7 Å². The number of fused-ring (bicyclic) bond motifs is 1. The largest absolute Gasteiger partial charge is 0.508 e. The summed E-state index contributed by atoms with van der Waals surface area (Å²) in [5.74, 6) is -4.26. The van der Waals surface area contributed by atoms with E-state index >= 15 is 0 Å². The van der Waals surface area contributed by atoms with Crippen LogP contribution in [0.25, 0.3) is 0 Å². The van der Waals surface area contributed by atoms with E-state index in [1.165, 1.54) is 36.4 Å². The van der Waals surface area contributed by atoms with E-state index in [9.17, 15) is 29.4 Å². The first kappa shape index (κ1) is 17.2. The number of aliphatic carboxylic acids is 1. The van der Waals surface area contributed by atoms with Gasteiger partial charge in [0.25, 0.3) is 11.8 Å². The average molecular weight is 355 g/mol.